The number of halogens is 3. The standard InChI is InChI=1S/C25H35F3N8O/c1-29-22-32-23(34-24(33-22)36-13-11-35(2)12-14-36)31-19-9-7-17(8-10-19)15-21(37)30-16-18-5-3-4-6-20(18)25(26,27)28/h3-6,17,19H,7-16H2,1-2H3,(H,30,37)(H2,29,31,32,33,34). The maximum atomic E-state index is 13.2. The Labute approximate surface area is 215 Å². The Hall–Kier alpha value is -3.15. The van der Waals surface area contributed by atoms with Crippen LogP contribution in [0.4, 0.5) is 31.0 Å². The van der Waals surface area contributed by atoms with Gasteiger partial charge in [0.05, 0.1) is 5.56 Å². The third-order valence-electron chi connectivity index (χ3n) is 7.09. The minimum Gasteiger partial charge on any atom is -0.357 e. The summed E-state index contributed by atoms with van der Waals surface area (Å²) in [6.45, 7) is 3.50. The van der Waals surface area contributed by atoms with Crippen molar-refractivity contribution in [2.45, 2.75) is 50.9 Å². The summed E-state index contributed by atoms with van der Waals surface area (Å²) in [5.41, 5.74) is -0.636. The van der Waals surface area contributed by atoms with Gasteiger partial charge >= 0.3 is 6.18 Å². The lowest BCUT2D eigenvalue weighted by molar-refractivity contribution is -0.138. The maximum Gasteiger partial charge on any atom is 0.416 e. The first kappa shape index (κ1) is 26.9. The molecule has 1 aliphatic heterocycles. The zero-order valence-corrected chi connectivity index (χ0v) is 21.3. The number of nitrogens with one attached hydrogen (secondary N) is 3. The number of carbonyl (C=O) groups excluding carboxylic acids is 1. The Morgan fingerprint density at radius 2 is 1.68 bits per heavy atom. The fraction of sp³-hybridized carbons (Fsp3) is 0.600. The molecule has 1 aromatic heterocycles. The van der Waals surface area contributed by atoms with Crippen LogP contribution in [0.3, 0.4) is 0 Å². The van der Waals surface area contributed by atoms with Crippen LogP contribution in [0.25, 0.3) is 0 Å². The molecule has 9 nitrogen and oxygen atoms in total. The van der Waals surface area contributed by atoms with E-state index in [1.165, 1.54) is 12.1 Å². The first-order valence-corrected chi connectivity index (χ1v) is 12.8. The molecule has 1 aromatic carbocycles. The molecule has 4 rings (SSSR count). The van der Waals surface area contributed by atoms with E-state index < -0.39 is 11.7 Å². The molecule has 0 unspecified atom stereocenters. The number of piperazine rings is 1. The number of anilines is 3. The number of alkyl halides is 3. The first-order chi connectivity index (χ1) is 17.7. The molecule has 12 heteroatoms. The minimum atomic E-state index is -4.44. The monoisotopic (exact) mass is 520 g/mol. The van der Waals surface area contributed by atoms with Crippen LogP contribution in [0.2, 0.25) is 0 Å². The van der Waals surface area contributed by atoms with Crippen LogP contribution in [0, 0.1) is 5.92 Å². The van der Waals surface area contributed by atoms with Crippen molar-refractivity contribution in [3.63, 3.8) is 0 Å². The van der Waals surface area contributed by atoms with Crippen molar-refractivity contribution < 1.29 is 18.0 Å². The van der Waals surface area contributed by atoms with Gasteiger partial charge in [0.25, 0.3) is 0 Å². The van der Waals surface area contributed by atoms with Crippen molar-refractivity contribution in [1.82, 2.24) is 25.2 Å². The van der Waals surface area contributed by atoms with E-state index in [-0.39, 0.29) is 30.0 Å². The quantitative estimate of drug-likeness (QED) is 0.488. The van der Waals surface area contributed by atoms with E-state index in [9.17, 15) is 18.0 Å². The number of carbonyl (C=O) groups is 1. The molecule has 2 heterocycles. The number of amides is 1. The maximum absolute atomic E-state index is 13.2. The summed E-state index contributed by atoms with van der Waals surface area (Å²) >= 11 is 0. The molecule has 2 aliphatic rings. The van der Waals surface area contributed by atoms with E-state index in [2.05, 4.69) is 47.7 Å². The van der Waals surface area contributed by atoms with E-state index in [0.717, 1.165) is 57.9 Å². The molecule has 0 atom stereocenters. The van der Waals surface area contributed by atoms with E-state index in [0.29, 0.717) is 24.3 Å². The van der Waals surface area contributed by atoms with E-state index >= 15 is 0 Å². The zero-order valence-electron chi connectivity index (χ0n) is 21.3. The highest BCUT2D eigenvalue weighted by molar-refractivity contribution is 5.76. The topological polar surface area (TPSA) is 98.3 Å². The van der Waals surface area contributed by atoms with E-state index in [1.54, 1.807) is 13.1 Å². The lowest BCUT2D eigenvalue weighted by Crippen LogP contribution is -2.45. The molecule has 2 aromatic rings. The molecule has 0 radical (unpaired) electrons. The van der Waals surface area contributed by atoms with Crippen LogP contribution in [-0.2, 0) is 17.5 Å². The fourth-order valence-electron chi connectivity index (χ4n) is 4.86. The van der Waals surface area contributed by atoms with Crippen molar-refractivity contribution in [2.24, 2.45) is 5.92 Å². The highest BCUT2D eigenvalue weighted by Gasteiger charge is 2.33. The van der Waals surface area contributed by atoms with Crippen LogP contribution < -0.4 is 20.9 Å². The Morgan fingerprint density at radius 3 is 2.35 bits per heavy atom. The minimum absolute atomic E-state index is 0.0745. The molecular formula is C25H35F3N8O. The number of aromatic nitrogens is 3. The van der Waals surface area contributed by atoms with Gasteiger partial charge in [-0.05, 0) is 50.3 Å². The van der Waals surface area contributed by atoms with Crippen LogP contribution in [0.1, 0.15) is 43.2 Å². The smallest absolute Gasteiger partial charge is 0.357 e. The molecule has 1 saturated carbocycles. The van der Waals surface area contributed by atoms with Gasteiger partial charge in [-0.15, -0.1) is 0 Å². The predicted molar refractivity (Wildman–Crippen MR) is 136 cm³/mol. The van der Waals surface area contributed by atoms with Gasteiger partial charge in [0, 0.05) is 52.2 Å². The molecule has 1 amide bonds. The molecule has 0 bridgehead atoms. The van der Waals surface area contributed by atoms with Gasteiger partial charge in [-0.2, -0.15) is 28.1 Å². The highest BCUT2D eigenvalue weighted by atomic mass is 19.4. The Bertz CT molecular complexity index is 1050. The number of nitrogens with zero attached hydrogens (tertiary/aromatic N) is 5. The summed E-state index contributed by atoms with van der Waals surface area (Å²) in [4.78, 5) is 30.5. The van der Waals surface area contributed by atoms with Crippen LogP contribution >= 0.6 is 0 Å². The summed E-state index contributed by atoms with van der Waals surface area (Å²) in [6.07, 6.45) is -0.716. The van der Waals surface area contributed by atoms with Gasteiger partial charge in [-0.1, -0.05) is 18.2 Å². The summed E-state index contributed by atoms with van der Waals surface area (Å²) in [5.74, 6) is 1.69. The number of likely N-dealkylation sites (N-methyl/N-ethyl adjacent to an activating group) is 1. The van der Waals surface area contributed by atoms with Crippen molar-refractivity contribution in [3.05, 3.63) is 35.4 Å². The van der Waals surface area contributed by atoms with Gasteiger partial charge in [0.1, 0.15) is 0 Å². The van der Waals surface area contributed by atoms with Crippen LogP contribution in [0.15, 0.2) is 24.3 Å². The third kappa shape index (κ3) is 7.43. The number of hydrogen-bond donors (Lipinski definition) is 3. The van der Waals surface area contributed by atoms with Crippen LogP contribution in [-0.4, -0.2) is 72.1 Å². The van der Waals surface area contributed by atoms with Crippen LogP contribution in [0.5, 0.6) is 0 Å². The Morgan fingerprint density at radius 1 is 1.00 bits per heavy atom. The molecular weight excluding hydrogens is 485 g/mol. The average molecular weight is 521 g/mol. The second kappa shape index (κ2) is 11.9. The van der Waals surface area contributed by atoms with E-state index in [4.69, 9.17) is 0 Å². The van der Waals surface area contributed by atoms with Crippen molar-refractivity contribution in [1.29, 1.82) is 0 Å². The third-order valence-corrected chi connectivity index (χ3v) is 7.09. The lowest BCUT2D eigenvalue weighted by atomic mass is 9.84. The van der Waals surface area contributed by atoms with Gasteiger partial charge < -0.3 is 25.8 Å². The summed E-state index contributed by atoms with van der Waals surface area (Å²) in [6, 6.07) is 5.52. The average Bonchev–Trinajstić information content (AvgIpc) is 2.88. The first-order valence-electron chi connectivity index (χ1n) is 12.8. The van der Waals surface area contributed by atoms with Crippen molar-refractivity contribution >= 4 is 23.8 Å². The van der Waals surface area contributed by atoms with Gasteiger partial charge in [0.15, 0.2) is 0 Å². The number of benzene rings is 1. The molecule has 0 spiro atoms. The van der Waals surface area contributed by atoms with Crippen molar-refractivity contribution in [3.8, 4) is 0 Å². The Kier molecular flexibility index (Phi) is 8.67. The SMILES string of the molecule is CNc1nc(NC2CCC(CC(=O)NCc3ccccc3C(F)(F)F)CC2)nc(N2CCN(C)CC2)n1. The second-order valence-electron chi connectivity index (χ2n) is 9.82. The largest absolute Gasteiger partial charge is 0.416 e. The van der Waals surface area contributed by atoms with Crippen molar-refractivity contribution in [2.75, 3.05) is 55.8 Å². The zero-order chi connectivity index (χ0) is 26.4. The van der Waals surface area contributed by atoms with Gasteiger partial charge in [0.2, 0.25) is 23.8 Å². The molecule has 202 valence electrons. The summed E-state index contributed by atoms with van der Waals surface area (Å²) < 4.78 is 39.5. The van der Waals surface area contributed by atoms with Gasteiger partial charge in [-0.3, -0.25) is 4.79 Å². The highest BCUT2D eigenvalue weighted by Crippen LogP contribution is 2.32. The summed E-state index contributed by atoms with van der Waals surface area (Å²) in [7, 11) is 3.88. The molecule has 1 aliphatic carbocycles. The number of hydrogen-bond acceptors (Lipinski definition) is 8. The second-order valence-corrected chi connectivity index (χ2v) is 9.82. The normalized spacial score (nSPS) is 20.9. The molecule has 3 N–H and O–H groups in total. The molecule has 2 fully saturated rings. The molecule has 37 heavy (non-hydrogen) atoms. The molecule has 1 saturated heterocycles. The fourth-order valence-corrected chi connectivity index (χ4v) is 4.86. The summed E-state index contributed by atoms with van der Waals surface area (Å²) in [5, 5.41) is 9.12. The van der Waals surface area contributed by atoms with E-state index in [1.807, 2.05) is 0 Å². The Balaban J connectivity index is 1.26. The lowest BCUT2D eigenvalue weighted by Gasteiger charge is -2.33. The predicted octanol–water partition coefficient (Wildman–Crippen LogP) is 3.36. The van der Waals surface area contributed by atoms with Gasteiger partial charge in [-0.25, -0.2) is 0 Å². The number of rotatable bonds is 8.